The molecule has 2 unspecified atom stereocenters. The lowest BCUT2D eigenvalue weighted by Gasteiger charge is -2.22. The monoisotopic (exact) mass is 736 g/mol. The number of rotatable bonds is 42. The van der Waals surface area contributed by atoms with Gasteiger partial charge in [-0.1, -0.05) is 189 Å². The number of carbonyl (C=O) groups is 2. The Balaban J connectivity index is 3.99. The Kier molecular flexibility index (Phi) is 40.2. The number of esters is 2. The summed E-state index contributed by atoms with van der Waals surface area (Å²) in [6, 6.07) is 0. The van der Waals surface area contributed by atoms with E-state index < -0.39 is 0 Å². The van der Waals surface area contributed by atoms with E-state index in [1.54, 1.807) is 0 Å². The second-order valence-corrected chi connectivity index (χ2v) is 16.2. The van der Waals surface area contributed by atoms with Gasteiger partial charge in [-0.2, -0.15) is 0 Å². The molecule has 0 fully saturated rings. The highest BCUT2D eigenvalue weighted by Gasteiger charge is 2.20. The Morgan fingerprint density at radius 3 is 0.981 bits per heavy atom. The molecule has 0 bridgehead atoms. The number of nitrogens with zero attached hydrogens (tertiary/aromatic N) is 1. The molecule has 0 amide bonds. The van der Waals surface area contributed by atoms with Crippen LogP contribution in [0.4, 0.5) is 0 Å². The van der Waals surface area contributed by atoms with Crippen LogP contribution in [-0.2, 0) is 19.1 Å². The van der Waals surface area contributed by atoms with Crippen molar-refractivity contribution in [1.82, 2.24) is 4.90 Å². The van der Waals surface area contributed by atoms with Gasteiger partial charge in [-0.05, 0) is 77.4 Å². The summed E-state index contributed by atoms with van der Waals surface area (Å²) in [6.07, 6.45) is 39.9. The van der Waals surface area contributed by atoms with E-state index in [2.05, 4.69) is 39.5 Å². The first kappa shape index (κ1) is 50.9. The van der Waals surface area contributed by atoms with Gasteiger partial charge in [0.1, 0.15) is 0 Å². The summed E-state index contributed by atoms with van der Waals surface area (Å²) in [6.45, 7) is 16.2. The highest BCUT2D eigenvalue weighted by molar-refractivity contribution is 5.72. The van der Waals surface area contributed by atoms with Crippen LogP contribution in [0.2, 0.25) is 0 Å². The molecule has 0 saturated carbocycles. The molecule has 0 rings (SSSR count). The quantitative estimate of drug-likeness (QED) is 0.0461. The molecule has 0 aliphatic rings. The van der Waals surface area contributed by atoms with Crippen LogP contribution in [0.5, 0.6) is 0 Å². The largest absolute Gasteiger partial charge is 0.465 e. The van der Waals surface area contributed by atoms with Gasteiger partial charge >= 0.3 is 11.9 Å². The number of unbranched alkanes of at least 4 members (excludes halogenated alkanes) is 22. The first-order valence-corrected chi connectivity index (χ1v) is 23.6. The van der Waals surface area contributed by atoms with Gasteiger partial charge in [0.15, 0.2) is 0 Å². The van der Waals surface area contributed by atoms with Crippen LogP contribution in [0.3, 0.4) is 0 Å². The minimum Gasteiger partial charge on any atom is -0.465 e. The summed E-state index contributed by atoms with van der Waals surface area (Å²) < 4.78 is 11.4. The Hall–Kier alpha value is -1.10. The molecule has 310 valence electrons. The van der Waals surface area contributed by atoms with Crippen molar-refractivity contribution in [2.45, 2.75) is 247 Å². The topological polar surface area (TPSA) is 55.8 Å². The normalized spacial score (nSPS) is 12.7. The number of hydrogen-bond acceptors (Lipinski definition) is 5. The van der Waals surface area contributed by atoms with Crippen LogP contribution < -0.4 is 0 Å². The predicted octanol–water partition coefficient (Wildman–Crippen LogP) is 14.6. The van der Waals surface area contributed by atoms with E-state index in [1.807, 2.05) is 0 Å². The standard InChI is InChI=1S/C47H93NO4/c1-6-11-16-28-37-44(35-14-9-4)46(49)51-42-33-26-22-18-20-24-31-40-48(39-30-13-8-3)41-32-25-21-19-23-27-34-43-52-47(50)45(36-15-10-5)38-29-17-12-7-2/h44-45H,6-43H2,1-5H3. The van der Waals surface area contributed by atoms with Crippen LogP contribution >= 0.6 is 0 Å². The average Bonchev–Trinajstić information content (AvgIpc) is 3.15. The van der Waals surface area contributed by atoms with Crippen molar-refractivity contribution >= 4 is 11.9 Å². The van der Waals surface area contributed by atoms with Crippen LogP contribution in [0.1, 0.15) is 247 Å². The number of ether oxygens (including phenoxy) is 2. The third kappa shape index (κ3) is 33.5. The van der Waals surface area contributed by atoms with Gasteiger partial charge in [-0.3, -0.25) is 9.59 Å². The fraction of sp³-hybridized carbons (Fsp3) is 0.957. The summed E-state index contributed by atoms with van der Waals surface area (Å²) in [4.78, 5) is 28.1. The lowest BCUT2D eigenvalue weighted by Crippen LogP contribution is -2.27. The predicted molar refractivity (Wildman–Crippen MR) is 226 cm³/mol. The highest BCUT2D eigenvalue weighted by atomic mass is 16.5. The first-order valence-electron chi connectivity index (χ1n) is 23.6. The van der Waals surface area contributed by atoms with Gasteiger partial charge in [0.05, 0.1) is 25.0 Å². The van der Waals surface area contributed by atoms with E-state index in [9.17, 15) is 9.59 Å². The van der Waals surface area contributed by atoms with Crippen LogP contribution in [0.15, 0.2) is 0 Å². The lowest BCUT2D eigenvalue weighted by molar-refractivity contribution is -0.150. The molecule has 0 radical (unpaired) electrons. The molecule has 0 heterocycles. The summed E-state index contributed by atoms with van der Waals surface area (Å²) >= 11 is 0. The van der Waals surface area contributed by atoms with Crippen LogP contribution in [0, 0.1) is 11.8 Å². The van der Waals surface area contributed by atoms with Crippen molar-refractivity contribution < 1.29 is 19.1 Å². The van der Waals surface area contributed by atoms with Crippen molar-refractivity contribution in [3.05, 3.63) is 0 Å². The van der Waals surface area contributed by atoms with Crippen molar-refractivity contribution in [3.8, 4) is 0 Å². The minimum atomic E-state index is 0.0684. The average molecular weight is 736 g/mol. The molecule has 0 aromatic rings. The van der Waals surface area contributed by atoms with E-state index in [-0.39, 0.29) is 23.8 Å². The molecule has 0 aliphatic carbocycles. The fourth-order valence-electron chi connectivity index (χ4n) is 7.44. The Labute approximate surface area is 326 Å². The van der Waals surface area contributed by atoms with Crippen molar-refractivity contribution in [3.63, 3.8) is 0 Å². The number of carbonyl (C=O) groups excluding carboxylic acids is 2. The van der Waals surface area contributed by atoms with Gasteiger partial charge in [0, 0.05) is 0 Å². The Morgan fingerprint density at radius 1 is 0.346 bits per heavy atom. The molecule has 0 aromatic heterocycles. The summed E-state index contributed by atoms with van der Waals surface area (Å²) in [5.74, 6) is 0.381. The molecule has 0 aromatic carbocycles. The van der Waals surface area contributed by atoms with Gasteiger partial charge in [0.25, 0.3) is 0 Å². The highest BCUT2D eigenvalue weighted by Crippen LogP contribution is 2.21. The third-order valence-electron chi connectivity index (χ3n) is 11.1. The maximum Gasteiger partial charge on any atom is 0.308 e. The fourth-order valence-corrected chi connectivity index (χ4v) is 7.44. The zero-order chi connectivity index (χ0) is 38.2. The zero-order valence-corrected chi connectivity index (χ0v) is 36.1. The van der Waals surface area contributed by atoms with Gasteiger partial charge in [0.2, 0.25) is 0 Å². The molecule has 52 heavy (non-hydrogen) atoms. The molecular weight excluding hydrogens is 643 g/mol. The van der Waals surface area contributed by atoms with Gasteiger partial charge < -0.3 is 14.4 Å². The zero-order valence-electron chi connectivity index (χ0n) is 36.1. The van der Waals surface area contributed by atoms with Crippen LogP contribution in [0.25, 0.3) is 0 Å². The smallest absolute Gasteiger partial charge is 0.308 e. The van der Waals surface area contributed by atoms with Crippen molar-refractivity contribution in [2.24, 2.45) is 11.8 Å². The van der Waals surface area contributed by atoms with Gasteiger partial charge in [-0.15, -0.1) is 0 Å². The first-order chi connectivity index (χ1) is 25.5. The van der Waals surface area contributed by atoms with E-state index in [0.717, 1.165) is 77.0 Å². The van der Waals surface area contributed by atoms with Crippen LogP contribution in [-0.4, -0.2) is 49.7 Å². The second kappa shape index (κ2) is 41.1. The maximum absolute atomic E-state index is 12.7. The lowest BCUT2D eigenvalue weighted by atomic mass is 9.95. The molecule has 5 heteroatoms. The molecular formula is C47H93NO4. The minimum absolute atomic E-state index is 0.0684. The van der Waals surface area contributed by atoms with E-state index in [4.69, 9.17) is 9.47 Å². The molecule has 0 aliphatic heterocycles. The SMILES string of the molecule is CCCCCCC(CCCC)C(=O)OCCCCCCCCCN(CCCCC)CCCCCCCCCOC(=O)C(CCCC)CCCCCC. The molecule has 2 atom stereocenters. The summed E-state index contributed by atoms with van der Waals surface area (Å²) in [5, 5.41) is 0. The Bertz CT molecular complexity index is 687. The van der Waals surface area contributed by atoms with Crippen molar-refractivity contribution in [1.29, 1.82) is 0 Å². The molecule has 0 saturated heterocycles. The second-order valence-electron chi connectivity index (χ2n) is 16.2. The van der Waals surface area contributed by atoms with E-state index in [0.29, 0.717) is 13.2 Å². The van der Waals surface area contributed by atoms with Gasteiger partial charge in [-0.25, -0.2) is 0 Å². The maximum atomic E-state index is 12.7. The third-order valence-corrected chi connectivity index (χ3v) is 11.1. The molecule has 0 spiro atoms. The molecule has 0 N–H and O–H groups in total. The summed E-state index contributed by atoms with van der Waals surface area (Å²) in [5.41, 5.74) is 0. The number of hydrogen-bond donors (Lipinski definition) is 0. The Morgan fingerprint density at radius 2 is 0.615 bits per heavy atom. The van der Waals surface area contributed by atoms with E-state index in [1.165, 1.54) is 154 Å². The van der Waals surface area contributed by atoms with Crippen molar-refractivity contribution in [2.75, 3.05) is 32.8 Å². The van der Waals surface area contributed by atoms with E-state index >= 15 is 0 Å². The molecule has 5 nitrogen and oxygen atoms in total. The summed E-state index contributed by atoms with van der Waals surface area (Å²) in [7, 11) is 0.